The zero-order valence-electron chi connectivity index (χ0n) is 17.4. The van der Waals surface area contributed by atoms with Crippen molar-refractivity contribution in [1.82, 2.24) is 4.90 Å². The van der Waals surface area contributed by atoms with Crippen LogP contribution in [0, 0.1) is 11.3 Å². The van der Waals surface area contributed by atoms with Gasteiger partial charge in [0.1, 0.15) is 11.6 Å². The smallest absolute Gasteiger partial charge is 0.271 e. The van der Waals surface area contributed by atoms with E-state index in [1.807, 2.05) is 12.1 Å². The Morgan fingerprint density at radius 1 is 1.17 bits per heavy atom. The third-order valence-electron chi connectivity index (χ3n) is 4.92. The lowest BCUT2D eigenvalue weighted by Gasteiger charge is -2.26. The van der Waals surface area contributed by atoms with Gasteiger partial charge in [0.25, 0.3) is 11.8 Å². The average Bonchev–Trinajstić information content (AvgIpc) is 3.17. The minimum absolute atomic E-state index is 0.0476. The van der Waals surface area contributed by atoms with Crippen molar-refractivity contribution in [2.75, 3.05) is 31.1 Å². The van der Waals surface area contributed by atoms with E-state index in [0.29, 0.717) is 11.1 Å². The fourth-order valence-corrected chi connectivity index (χ4v) is 4.20. The van der Waals surface area contributed by atoms with E-state index in [-0.39, 0.29) is 18.7 Å². The molecular formula is C22H29N3O3S. The summed E-state index contributed by atoms with van der Waals surface area (Å²) in [6.07, 6.45) is 6.27. The quantitative estimate of drug-likeness (QED) is 0.465. The van der Waals surface area contributed by atoms with Crippen LogP contribution in [-0.2, 0) is 9.59 Å². The van der Waals surface area contributed by atoms with Gasteiger partial charge in [-0.2, -0.15) is 5.26 Å². The second-order valence-corrected chi connectivity index (χ2v) is 8.12. The van der Waals surface area contributed by atoms with Crippen molar-refractivity contribution < 1.29 is 14.7 Å². The summed E-state index contributed by atoms with van der Waals surface area (Å²) in [5, 5.41) is 19.7. The largest absolute Gasteiger partial charge is 0.395 e. The Morgan fingerprint density at radius 3 is 2.38 bits per heavy atom. The Hall–Kier alpha value is -2.43. The predicted molar refractivity (Wildman–Crippen MR) is 116 cm³/mol. The molecule has 0 unspecified atom stereocenters. The van der Waals surface area contributed by atoms with Gasteiger partial charge in [-0.05, 0) is 43.5 Å². The molecule has 0 saturated carbocycles. The second kappa shape index (κ2) is 10.9. The Bertz CT molecular complexity index is 840. The zero-order valence-corrected chi connectivity index (χ0v) is 18.2. The van der Waals surface area contributed by atoms with E-state index in [1.165, 1.54) is 0 Å². The average molecular weight is 416 g/mol. The lowest BCUT2D eigenvalue weighted by atomic mass is 9.95. The highest BCUT2D eigenvalue weighted by molar-refractivity contribution is 7.17. The van der Waals surface area contributed by atoms with Crippen LogP contribution in [0.3, 0.4) is 0 Å². The summed E-state index contributed by atoms with van der Waals surface area (Å²) >= 11 is 1.60. The number of imide groups is 1. The first-order chi connectivity index (χ1) is 14.0. The van der Waals surface area contributed by atoms with Gasteiger partial charge in [-0.25, -0.2) is 0 Å². The van der Waals surface area contributed by atoms with Gasteiger partial charge in [0.05, 0.1) is 18.2 Å². The molecule has 0 atom stereocenters. The number of hydrogen-bond acceptors (Lipinski definition) is 6. The Kier molecular flexibility index (Phi) is 8.62. The first-order valence-electron chi connectivity index (χ1n) is 10.1. The molecule has 0 spiro atoms. The summed E-state index contributed by atoms with van der Waals surface area (Å²) < 4.78 is 0. The van der Waals surface area contributed by atoms with Gasteiger partial charge >= 0.3 is 0 Å². The zero-order chi connectivity index (χ0) is 21.4. The third kappa shape index (κ3) is 5.34. The lowest BCUT2D eigenvalue weighted by molar-refractivity contribution is -0.140. The van der Waals surface area contributed by atoms with Crippen molar-refractivity contribution in [1.29, 1.82) is 5.26 Å². The van der Waals surface area contributed by atoms with Crippen LogP contribution in [0.4, 0.5) is 5.00 Å². The van der Waals surface area contributed by atoms with Gasteiger partial charge in [-0.15, -0.1) is 11.3 Å². The van der Waals surface area contributed by atoms with Crippen molar-refractivity contribution in [3.63, 3.8) is 0 Å². The van der Waals surface area contributed by atoms with E-state index in [2.05, 4.69) is 24.8 Å². The minimum atomic E-state index is -0.640. The number of hydrogen-bond donors (Lipinski definition) is 1. The number of rotatable bonds is 10. The lowest BCUT2D eigenvalue weighted by Crippen LogP contribution is -2.44. The van der Waals surface area contributed by atoms with E-state index in [1.54, 1.807) is 24.3 Å². The number of carbonyl (C=O) groups is 2. The maximum Gasteiger partial charge on any atom is 0.271 e. The molecule has 7 heteroatoms. The van der Waals surface area contributed by atoms with Crippen LogP contribution in [0.5, 0.6) is 0 Å². The number of β-amino-alcohol motifs (C(OH)–C–C–N with tert-alkyl or cyclic N) is 1. The summed E-state index contributed by atoms with van der Waals surface area (Å²) in [6.45, 7) is 7.53. The van der Waals surface area contributed by atoms with Crippen LogP contribution in [0.15, 0.2) is 28.9 Å². The summed E-state index contributed by atoms with van der Waals surface area (Å²) in [6, 6.07) is 5.94. The number of amides is 2. The molecule has 0 saturated heterocycles. The molecule has 0 aromatic carbocycles. The monoisotopic (exact) mass is 415 g/mol. The van der Waals surface area contributed by atoms with E-state index < -0.39 is 11.8 Å². The van der Waals surface area contributed by atoms with Crippen molar-refractivity contribution in [2.24, 2.45) is 0 Å². The first kappa shape index (κ1) is 22.9. The van der Waals surface area contributed by atoms with Crippen molar-refractivity contribution in [3.05, 3.63) is 33.7 Å². The van der Waals surface area contributed by atoms with Crippen LogP contribution in [0.25, 0.3) is 6.08 Å². The molecule has 1 aliphatic heterocycles. The van der Waals surface area contributed by atoms with Crippen LogP contribution < -0.4 is 4.90 Å². The van der Waals surface area contributed by atoms with E-state index in [0.717, 1.165) is 53.6 Å². The Labute approximate surface area is 176 Å². The molecule has 1 N–H and O–H groups in total. The van der Waals surface area contributed by atoms with Gasteiger partial charge in [0, 0.05) is 23.5 Å². The number of aliphatic hydroxyl groups is 1. The third-order valence-corrected chi connectivity index (χ3v) is 6.02. The first-order valence-corrected chi connectivity index (χ1v) is 10.9. The highest BCUT2D eigenvalue weighted by Crippen LogP contribution is 2.32. The van der Waals surface area contributed by atoms with Crippen molar-refractivity contribution >= 4 is 34.2 Å². The molecule has 29 heavy (non-hydrogen) atoms. The number of thiophene rings is 1. The van der Waals surface area contributed by atoms with E-state index in [4.69, 9.17) is 0 Å². The molecule has 0 fully saturated rings. The molecule has 0 aliphatic carbocycles. The summed E-state index contributed by atoms with van der Waals surface area (Å²) in [5.74, 6) is -1.11. The predicted octanol–water partition coefficient (Wildman–Crippen LogP) is 3.74. The number of nitriles is 1. The maximum absolute atomic E-state index is 12.8. The van der Waals surface area contributed by atoms with E-state index >= 15 is 0 Å². The van der Waals surface area contributed by atoms with Gasteiger partial charge in [-0.3, -0.25) is 14.5 Å². The van der Waals surface area contributed by atoms with Crippen LogP contribution >= 0.6 is 11.3 Å². The highest BCUT2D eigenvalue weighted by Gasteiger charge is 2.35. The second-order valence-electron chi connectivity index (χ2n) is 7.03. The molecule has 6 nitrogen and oxygen atoms in total. The van der Waals surface area contributed by atoms with E-state index in [9.17, 15) is 20.0 Å². The summed E-state index contributed by atoms with van der Waals surface area (Å²) in [4.78, 5) is 29.4. The molecule has 156 valence electrons. The minimum Gasteiger partial charge on any atom is -0.395 e. The SMILES string of the molecule is CCCCN(CCCC)c1ccc(/C=C2/C(=O)N(CCO)C(=O)C(C#N)=C2C)s1. The van der Waals surface area contributed by atoms with Crippen molar-refractivity contribution in [2.45, 2.75) is 46.5 Å². The molecule has 0 bridgehead atoms. The summed E-state index contributed by atoms with van der Waals surface area (Å²) in [7, 11) is 0. The molecule has 1 aromatic rings. The molecular weight excluding hydrogens is 386 g/mol. The Morgan fingerprint density at radius 2 is 1.83 bits per heavy atom. The van der Waals surface area contributed by atoms with Crippen LogP contribution in [0.1, 0.15) is 51.3 Å². The summed E-state index contributed by atoms with van der Waals surface area (Å²) in [5.41, 5.74) is 0.672. The molecule has 0 radical (unpaired) electrons. The van der Waals surface area contributed by atoms with Crippen LogP contribution in [0.2, 0.25) is 0 Å². The maximum atomic E-state index is 12.8. The van der Waals surface area contributed by atoms with Crippen molar-refractivity contribution in [3.8, 4) is 6.07 Å². The van der Waals surface area contributed by atoms with Gasteiger partial charge in [-0.1, -0.05) is 26.7 Å². The topological polar surface area (TPSA) is 84.6 Å². The number of anilines is 1. The molecule has 2 heterocycles. The molecule has 1 aliphatic rings. The normalized spacial score (nSPS) is 16.0. The number of nitrogens with zero attached hydrogens (tertiary/aromatic N) is 3. The van der Waals surface area contributed by atoms with Gasteiger partial charge in [0.2, 0.25) is 0 Å². The molecule has 2 amide bonds. The van der Waals surface area contributed by atoms with Crippen LogP contribution in [-0.4, -0.2) is 48.1 Å². The number of aliphatic hydroxyl groups excluding tert-OH is 1. The van der Waals surface area contributed by atoms with Gasteiger partial charge in [0.15, 0.2) is 0 Å². The highest BCUT2D eigenvalue weighted by atomic mass is 32.1. The van der Waals surface area contributed by atoms with Gasteiger partial charge < -0.3 is 10.0 Å². The number of carbonyl (C=O) groups excluding carboxylic acids is 2. The fourth-order valence-electron chi connectivity index (χ4n) is 3.19. The number of unbranched alkanes of at least 4 members (excludes halogenated alkanes) is 2. The standard InChI is InChI=1S/C22H29N3O3S/c1-4-6-10-24(11-7-5-2)20-9-8-17(29-20)14-18-16(3)19(15-23)22(28)25(12-13-26)21(18)27/h8-9,14,26H,4-7,10-13H2,1-3H3/b18-14+. The fraction of sp³-hybridized carbons (Fsp3) is 0.500. The molecule has 1 aromatic heterocycles. The molecule has 2 rings (SSSR count). The Balaban J connectivity index is 2.37.